The quantitative estimate of drug-likeness (QED) is 0.930. The molecule has 1 aliphatic heterocycles. The first-order valence-corrected chi connectivity index (χ1v) is 7.96. The largest absolute Gasteiger partial charge is 0.339 e. The number of anilines is 1. The monoisotopic (exact) mass is 283 g/mol. The molecule has 110 valence electrons. The molecule has 1 aliphatic carbocycles. The van der Waals surface area contributed by atoms with Crippen molar-refractivity contribution in [3.63, 3.8) is 0 Å². The van der Waals surface area contributed by atoms with E-state index in [1.807, 2.05) is 24.3 Å². The van der Waals surface area contributed by atoms with Gasteiger partial charge in [0.05, 0.1) is 5.52 Å². The Balaban J connectivity index is 1.47. The Morgan fingerprint density at radius 2 is 1.95 bits per heavy atom. The highest BCUT2D eigenvalue weighted by Gasteiger charge is 2.25. The van der Waals surface area contributed by atoms with Crippen LogP contribution in [-0.4, -0.2) is 40.9 Å². The zero-order valence-corrected chi connectivity index (χ0v) is 12.2. The molecule has 1 unspecified atom stereocenters. The number of aromatic nitrogens is 3. The fourth-order valence-corrected chi connectivity index (χ4v) is 3.04. The van der Waals surface area contributed by atoms with Gasteiger partial charge in [-0.05, 0) is 50.3 Å². The summed E-state index contributed by atoms with van der Waals surface area (Å²) < 4.78 is 0. The van der Waals surface area contributed by atoms with E-state index in [4.69, 9.17) is 0 Å². The van der Waals surface area contributed by atoms with E-state index in [0.717, 1.165) is 42.7 Å². The molecule has 1 aromatic heterocycles. The lowest BCUT2D eigenvalue weighted by atomic mass is 9.98. The Labute approximate surface area is 124 Å². The molecular weight excluding hydrogens is 262 g/mol. The second-order valence-electron chi connectivity index (χ2n) is 6.24. The number of piperidine rings is 1. The maximum atomic E-state index is 4.67. The number of para-hydroxylation sites is 1. The van der Waals surface area contributed by atoms with Crippen LogP contribution in [0.25, 0.3) is 11.0 Å². The number of hydrogen-bond donors (Lipinski definition) is 1. The Morgan fingerprint density at radius 1 is 1.10 bits per heavy atom. The molecule has 0 amide bonds. The molecule has 1 atom stereocenters. The minimum atomic E-state index is 0.703. The van der Waals surface area contributed by atoms with Gasteiger partial charge < -0.3 is 10.2 Å². The molecule has 1 aromatic carbocycles. The molecule has 0 spiro atoms. The summed E-state index contributed by atoms with van der Waals surface area (Å²) in [5.74, 6) is 1.49. The molecule has 1 N–H and O–H groups in total. The third-order valence-corrected chi connectivity index (χ3v) is 4.42. The molecule has 21 heavy (non-hydrogen) atoms. The van der Waals surface area contributed by atoms with Gasteiger partial charge in [0, 0.05) is 19.1 Å². The van der Waals surface area contributed by atoms with Crippen molar-refractivity contribution in [1.29, 1.82) is 0 Å². The normalized spacial score (nSPS) is 22.7. The Hall–Kier alpha value is -1.75. The van der Waals surface area contributed by atoms with Crippen LogP contribution in [0.15, 0.2) is 24.3 Å². The predicted molar refractivity (Wildman–Crippen MR) is 83.3 cm³/mol. The first-order chi connectivity index (χ1) is 10.4. The summed E-state index contributed by atoms with van der Waals surface area (Å²) in [6.45, 7) is 3.21. The average Bonchev–Trinajstić information content (AvgIpc) is 3.37. The minimum Gasteiger partial charge on any atom is -0.339 e. The van der Waals surface area contributed by atoms with E-state index in [1.165, 1.54) is 25.7 Å². The van der Waals surface area contributed by atoms with Crippen molar-refractivity contribution in [2.75, 3.05) is 24.5 Å². The molecule has 5 heteroatoms. The van der Waals surface area contributed by atoms with Gasteiger partial charge in [-0.15, -0.1) is 10.2 Å². The molecule has 1 saturated heterocycles. The molecule has 2 fully saturated rings. The van der Waals surface area contributed by atoms with E-state index in [0.29, 0.717) is 5.92 Å². The molecule has 5 nitrogen and oxygen atoms in total. The van der Waals surface area contributed by atoms with Gasteiger partial charge in [-0.25, -0.2) is 4.98 Å². The Morgan fingerprint density at radius 3 is 2.81 bits per heavy atom. The fourth-order valence-electron chi connectivity index (χ4n) is 3.04. The summed E-state index contributed by atoms with van der Waals surface area (Å²) in [4.78, 5) is 6.97. The molecule has 4 rings (SSSR count). The van der Waals surface area contributed by atoms with Gasteiger partial charge in [0.25, 0.3) is 0 Å². The van der Waals surface area contributed by atoms with Crippen LogP contribution in [-0.2, 0) is 0 Å². The van der Waals surface area contributed by atoms with Gasteiger partial charge in [-0.3, -0.25) is 0 Å². The molecular formula is C16H21N5. The Bertz CT molecular complexity index is 625. The van der Waals surface area contributed by atoms with Crippen molar-refractivity contribution in [2.45, 2.75) is 31.7 Å². The second kappa shape index (κ2) is 5.56. The number of nitrogens with zero attached hydrogens (tertiary/aromatic N) is 4. The van der Waals surface area contributed by atoms with E-state index in [-0.39, 0.29) is 0 Å². The minimum absolute atomic E-state index is 0.703. The van der Waals surface area contributed by atoms with Crippen LogP contribution < -0.4 is 10.2 Å². The second-order valence-corrected chi connectivity index (χ2v) is 6.24. The number of rotatable bonds is 4. The van der Waals surface area contributed by atoms with Crippen LogP contribution in [0.4, 0.5) is 5.95 Å². The van der Waals surface area contributed by atoms with Crippen LogP contribution in [0, 0.1) is 5.92 Å². The number of hydrogen-bond acceptors (Lipinski definition) is 5. The first-order valence-electron chi connectivity index (χ1n) is 7.96. The maximum absolute atomic E-state index is 4.67. The molecule has 2 aliphatic rings. The summed E-state index contributed by atoms with van der Waals surface area (Å²) in [5, 5.41) is 12.3. The summed E-state index contributed by atoms with van der Waals surface area (Å²) >= 11 is 0. The lowest BCUT2D eigenvalue weighted by molar-refractivity contribution is 0.387. The predicted octanol–water partition coefficient (Wildman–Crippen LogP) is 1.99. The van der Waals surface area contributed by atoms with Gasteiger partial charge in [-0.1, -0.05) is 12.1 Å². The summed E-state index contributed by atoms with van der Waals surface area (Å²) in [6, 6.07) is 8.72. The summed E-state index contributed by atoms with van der Waals surface area (Å²) in [7, 11) is 0. The van der Waals surface area contributed by atoms with Crippen LogP contribution >= 0.6 is 0 Å². The smallest absolute Gasteiger partial charge is 0.245 e. The van der Waals surface area contributed by atoms with Crippen molar-refractivity contribution in [3.8, 4) is 0 Å². The summed E-state index contributed by atoms with van der Waals surface area (Å²) in [6.07, 6.45) is 5.23. The highest BCUT2D eigenvalue weighted by molar-refractivity contribution is 5.74. The van der Waals surface area contributed by atoms with Crippen molar-refractivity contribution in [3.05, 3.63) is 24.3 Å². The van der Waals surface area contributed by atoms with Gasteiger partial charge >= 0.3 is 0 Å². The van der Waals surface area contributed by atoms with Crippen LogP contribution in [0.5, 0.6) is 0 Å². The SMILES string of the molecule is c1ccc2nc(N3CCCC(CNC4CC4)C3)nnc2c1. The number of fused-ring (bicyclic) bond motifs is 1. The molecule has 0 radical (unpaired) electrons. The standard InChI is InChI=1S/C16H21N5/c1-2-6-15-14(5-1)18-16(20-19-15)21-9-3-4-12(11-21)10-17-13-7-8-13/h1-2,5-6,12-13,17H,3-4,7-11H2. The van der Waals surface area contributed by atoms with E-state index >= 15 is 0 Å². The van der Waals surface area contributed by atoms with Crippen molar-refractivity contribution >= 4 is 17.0 Å². The fraction of sp³-hybridized carbons (Fsp3) is 0.562. The average molecular weight is 283 g/mol. The zero-order valence-electron chi connectivity index (χ0n) is 12.2. The highest BCUT2D eigenvalue weighted by Crippen LogP contribution is 2.23. The Kier molecular flexibility index (Phi) is 3.43. The number of benzene rings is 1. The van der Waals surface area contributed by atoms with Crippen molar-refractivity contribution < 1.29 is 0 Å². The van der Waals surface area contributed by atoms with Crippen LogP contribution in [0.3, 0.4) is 0 Å². The van der Waals surface area contributed by atoms with Gasteiger partial charge in [-0.2, -0.15) is 0 Å². The van der Waals surface area contributed by atoms with E-state index in [2.05, 4.69) is 25.4 Å². The molecule has 2 aromatic rings. The first kappa shape index (κ1) is 13.0. The van der Waals surface area contributed by atoms with Gasteiger partial charge in [0.1, 0.15) is 5.52 Å². The molecule has 0 bridgehead atoms. The van der Waals surface area contributed by atoms with Crippen LogP contribution in [0.2, 0.25) is 0 Å². The van der Waals surface area contributed by atoms with E-state index < -0.39 is 0 Å². The van der Waals surface area contributed by atoms with Crippen molar-refractivity contribution in [1.82, 2.24) is 20.5 Å². The lowest BCUT2D eigenvalue weighted by Gasteiger charge is -2.32. The maximum Gasteiger partial charge on any atom is 0.245 e. The lowest BCUT2D eigenvalue weighted by Crippen LogP contribution is -2.41. The topological polar surface area (TPSA) is 53.9 Å². The van der Waals surface area contributed by atoms with Gasteiger partial charge in [0.15, 0.2) is 0 Å². The van der Waals surface area contributed by atoms with Crippen LogP contribution in [0.1, 0.15) is 25.7 Å². The third-order valence-electron chi connectivity index (χ3n) is 4.42. The summed E-state index contributed by atoms with van der Waals surface area (Å²) in [5.41, 5.74) is 1.80. The van der Waals surface area contributed by atoms with Gasteiger partial charge in [0.2, 0.25) is 5.95 Å². The third kappa shape index (κ3) is 2.97. The molecule has 2 heterocycles. The number of nitrogens with one attached hydrogen (secondary N) is 1. The zero-order chi connectivity index (χ0) is 14.1. The van der Waals surface area contributed by atoms with E-state index in [1.54, 1.807) is 0 Å². The van der Waals surface area contributed by atoms with Crippen molar-refractivity contribution in [2.24, 2.45) is 5.92 Å². The van der Waals surface area contributed by atoms with E-state index in [9.17, 15) is 0 Å². The highest BCUT2D eigenvalue weighted by atomic mass is 15.3. The molecule has 1 saturated carbocycles.